The number of nitrogens with zero attached hydrogens (tertiary/aromatic N) is 1. The molecule has 1 amide bonds. The molecule has 2 heterocycles. The second-order valence-electron chi connectivity index (χ2n) is 6.24. The topological polar surface area (TPSA) is 70.9 Å². The van der Waals surface area contributed by atoms with Crippen LogP contribution in [0.1, 0.15) is 24.2 Å². The van der Waals surface area contributed by atoms with Crippen molar-refractivity contribution in [1.82, 2.24) is 15.5 Å². The maximum atomic E-state index is 12.8. The van der Waals surface area contributed by atoms with E-state index in [-0.39, 0.29) is 11.8 Å². The van der Waals surface area contributed by atoms with Gasteiger partial charge in [0.2, 0.25) is 5.91 Å². The van der Waals surface area contributed by atoms with Crippen LogP contribution in [0.3, 0.4) is 0 Å². The number of hydrogen-bond donors (Lipinski definition) is 2. The maximum Gasteiger partial charge on any atom is 0.227 e. The molecule has 0 radical (unpaired) electrons. The van der Waals surface area contributed by atoms with Gasteiger partial charge < -0.3 is 14.8 Å². The van der Waals surface area contributed by atoms with E-state index >= 15 is 0 Å². The van der Waals surface area contributed by atoms with Crippen LogP contribution >= 0.6 is 0 Å². The number of aromatic nitrogens is 2. The van der Waals surface area contributed by atoms with Crippen LogP contribution in [0, 0.1) is 0 Å². The van der Waals surface area contributed by atoms with Gasteiger partial charge in [0, 0.05) is 17.0 Å². The molecule has 1 unspecified atom stereocenters. The molecule has 5 nitrogen and oxygen atoms in total. The van der Waals surface area contributed by atoms with Crippen molar-refractivity contribution in [2.24, 2.45) is 0 Å². The minimum absolute atomic E-state index is 0.0525. The van der Waals surface area contributed by atoms with E-state index in [2.05, 4.69) is 15.5 Å². The third-order valence-electron chi connectivity index (χ3n) is 4.56. The van der Waals surface area contributed by atoms with Gasteiger partial charge in [-0.3, -0.25) is 4.79 Å². The Balaban J connectivity index is 1.71. The van der Waals surface area contributed by atoms with Gasteiger partial charge >= 0.3 is 0 Å². The van der Waals surface area contributed by atoms with Crippen LogP contribution in [-0.4, -0.2) is 16.0 Å². The number of H-pyrrole nitrogens is 1. The largest absolute Gasteiger partial charge is 0.360 e. The number of hydrogen-bond acceptors (Lipinski definition) is 3. The van der Waals surface area contributed by atoms with Gasteiger partial charge in [0.1, 0.15) is 0 Å². The Kier molecular flexibility index (Phi) is 4.27. The molecule has 4 rings (SSSR count). The zero-order valence-corrected chi connectivity index (χ0v) is 14.4. The molecule has 0 bridgehead atoms. The Morgan fingerprint density at radius 1 is 1.12 bits per heavy atom. The van der Waals surface area contributed by atoms with E-state index in [4.69, 9.17) is 4.52 Å². The average molecular weight is 345 g/mol. The number of carbonyl (C=O) groups is 1. The van der Waals surface area contributed by atoms with Gasteiger partial charge in [0.05, 0.1) is 24.4 Å². The molecule has 2 aromatic carbocycles. The van der Waals surface area contributed by atoms with Crippen molar-refractivity contribution in [3.63, 3.8) is 0 Å². The first-order valence-electron chi connectivity index (χ1n) is 8.57. The fourth-order valence-corrected chi connectivity index (χ4v) is 3.24. The monoisotopic (exact) mass is 345 g/mol. The summed E-state index contributed by atoms with van der Waals surface area (Å²) in [6.07, 6.45) is 1.57. The van der Waals surface area contributed by atoms with Crippen LogP contribution in [-0.2, 0) is 11.3 Å². The lowest BCUT2D eigenvalue weighted by Crippen LogP contribution is -2.27. The quantitative estimate of drug-likeness (QED) is 0.568. The summed E-state index contributed by atoms with van der Waals surface area (Å²) in [6.45, 7) is 2.25. The van der Waals surface area contributed by atoms with Crippen LogP contribution in [0.4, 0.5) is 0 Å². The summed E-state index contributed by atoms with van der Waals surface area (Å²) in [5, 5.41) is 7.65. The first kappa shape index (κ1) is 16.1. The summed E-state index contributed by atoms with van der Waals surface area (Å²) < 4.78 is 5.05. The molecule has 0 fully saturated rings. The summed E-state index contributed by atoms with van der Waals surface area (Å²) in [5.74, 6) is 0.264. The second-order valence-corrected chi connectivity index (χ2v) is 6.24. The van der Waals surface area contributed by atoms with Crippen molar-refractivity contribution in [3.05, 3.63) is 78.2 Å². The highest BCUT2D eigenvalue weighted by Crippen LogP contribution is 2.35. The van der Waals surface area contributed by atoms with Crippen LogP contribution in [0.2, 0.25) is 0 Å². The number of fused-ring (bicyclic) bond motifs is 1. The number of amides is 1. The van der Waals surface area contributed by atoms with Crippen molar-refractivity contribution in [2.75, 3.05) is 0 Å². The highest BCUT2D eigenvalue weighted by atomic mass is 16.5. The molecular formula is C21H19N3O2. The first-order valence-corrected chi connectivity index (χ1v) is 8.57. The third kappa shape index (κ3) is 2.99. The van der Waals surface area contributed by atoms with Crippen LogP contribution in [0.15, 0.2) is 71.4 Å². The fraction of sp³-hybridized carbons (Fsp3) is 0.143. The molecule has 5 heteroatoms. The van der Waals surface area contributed by atoms with Crippen molar-refractivity contribution in [2.45, 2.75) is 19.4 Å². The molecule has 1 atom stereocenters. The van der Waals surface area contributed by atoms with Crippen molar-refractivity contribution < 1.29 is 9.32 Å². The molecule has 26 heavy (non-hydrogen) atoms. The summed E-state index contributed by atoms with van der Waals surface area (Å²) in [7, 11) is 0. The summed E-state index contributed by atoms with van der Waals surface area (Å²) in [5.41, 5.74) is 4.07. The molecule has 0 aliphatic carbocycles. The van der Waals surface area contributed by atoms with E-state index in [0.29, 0.717) is 12.3 Å². The number of carbonyl (C=O) groups excluding carboxylic acids is 1. The van der Waals surface area contributed by atoms with E-state index in [0.717, 1.165) is 27.7 Å². The number of aromatic amines is 1. The van der Waals surface area contributed by atoms with Crippen molar-refractivity contribution in [3.8, 4) is 11.3 Å². The van der Waals surface area contributed by atoms with E-state index in [1.807, 2.05) is 61.5 Å². The molecule has 0 aliphatic rings. The molecule has 4 aromatic rings. The Morgan fingerprint density at radius 2 is 1.88 bits per heavy atom. The van der Waals surface area contributed by atoms with Crippen LogP contribution in [0.25, 0.3) is 22.2 Å². The maximum absolute atomic E-state index is 12.8. The Labute approximate surface area is 151 Å². The van der Waals surface area contributed by atoms with Crippen molar-refractivity contribution >= 4 is 16.8 Å². The average Bonchev–Trinajstić information content (AvgIpc) is 3.33. The zero-order valence-electron chi connectivity index (χ0n) is 14.4. The highest BCUT2D eigenvalue weighted by molar-refractivity contribution is 5.97. The normalized spacial score (nSPS) is 12.2. The molecule has 0 aliphatic heterocycles. The number of benzene rings is 2. The summed E-state index contributed by atoms with van der Waals surface area (Å²) >= 11 is 0. The molecular weight excluding hydrogens is 326 g/mol. The first-order chi connectivity index (χ1) is 12.7. The lowest BCUT2D eigenvalue weighted by atomic mass is 9.94. The molecule has 2 aromatic heterocycles. The molecule has 0 saturated heterocycles. The molecule has 2 N–H and O–H groups in total. The summed E-state index contributed by atoms with van der Waals surface area (Å²) in [4.78, 5) is 16.3. The number of rotatable bonds is 5. The van der Waals surface area contributed by atoms with Gasteiger partial charge in [-0.15, -0.1) is 0 Å². The lowest BCUT2D eigenvalue weighted by Gasteiger charge is -2.14. The fourth-order valence-electron chi connectivity index (χ4n) is 3.24. The third-order valence-corrected chi connectivity index (χ3v) is 4.56. The standard InChI is InChI=1S/C21H19N3O2/c1-14(21(25)22-13-16-11-12-23-26-16)19-17-9-5-6-10-18(17)24-20(19)15-7-3-2-4-8-15/h2-12,14,24H,13H2,1H3,(H,22,25). The smallest absolute Gasteiger partial charge is 0.227 e. The zero-order chi connectivity index (χ0) is 17.9. The van der Waals surface area contributed by atoms with E-state index < -0.39 is 0 Å². The lowest BCUT2D eigenvalue weighted by molar-refractivity contribution is -0.122. The Bertz CT molecular complexity index is 1020. The van der Waals surface area contributed by atoms with Gasteiger partial charge in [-0.2, -0.15) is 0 Å². The SMILES string of the molecule is CC(C(=O)NCc1ccno1)c1c(-c2ccccc2)[nH]c2ccccc12. The minimum atomic E-state index is -0.315. The highest BCUT2D eigenvalue weighted by Gasteiger charge is 2.23. The van der Waals surface area contributed by atoms with Crippen molar-refractivity contribution in [1.29, 1.82) is 0 Å². The summed E-state index contributed by atoms with van der Waals surface area (Å²) in [6, 6.07) is 19.9. The number of para-hydroxylation sites is 1. The number of nitrogens with one attached hydrogen (secondary N) is 2. The van der Waals surface area contributed by atoms with E-state index in [9.17, 15) is 4.79 Å². The molecule has 0 spiro atoms. The van der Waals surface area contributed by atoms with Gasteiger partial charge in [-0.1, -0.05) is 53.7 Å². The predicted octanol–water partition coefficient (Wildman–Crippen LogP) is 4.24. The van der Waals surface area contributed by atoms with Gasteiger partial charge in [-0.25, -0.2) is 0 Å². The Hall–Kier alpha value is -3.34. The Morgan fingerprint density at radius 3 is 2.65 bits per heavy atom. The minimum Gasteiger partial charge on any atom is -0.360 e. The van der Waals surface area contributed by atoms with E-state index in [1.165, 1.54) is 0 Å². The van der Waals surface area contributed by atoms with E-state index in [1.54, 1.807) is 12.3 Å². The van der Waals surface area contributed by atoms with Crippen LogP contribution < -0.4 is 5.32 Å². The van der Waals surface area contributed by atoms with Gasteiger partial charge in [-0.05, 0) is 24.1 Å². The molecule has 0 saturated carbocycles. The van der Waals surface area contributed by atoms with Gasteiger partial charge in [0.15, 0.2) is 5.76 Å². The van der Waals surface area contributed by atoms with Gasteiger partial charge in [0.25, 0.3) is 0 Å². The second kappa shape index (κ2) is 6.88. The molecule has 130 valence electrons. The van der Waals surface area contributed by atoms with Crippen LogP contribution in [0.5, 0.6) is 0 Å². The predicted molar refractivity (Wildman–Crippen MR) is 100 cm³/mol.